The predicted molar refractivity (Wildman–Crippen MR) is 74.8 cm³/mol. The quantitative estimate of drug-likeness (QED) is 0.902. The lowest BCUT2D eigenvalue weighted by molar-refractivity contribution is -0.137. The number of rotatable bonds is 2. The fourth-order valence-corrected chi connectivity index (χ4v) is 3.66. The van der Waals surface area contributed by atoms with Crippen LogP contribution in [0.15, 0.2) is 18.2 Å². The molecular formula is C13H17F3N2O2S. The first-order valence-electron chi connectivity index (χ1n) is 6.58. The molecule has 1 saturated heterocycles. The summed E-state index contributed by atoms with van der Waals surface area (Å²) in [5, 5.41) is 0. The van der Waals surface area contributed by atoms with Gasteiger partial charge in [-0.05, 0) is 24.1 Å². The minimum absolute atomic E-state index is 0.0196. The third-order valence-corrected chi connectivity index (χ3v) is 5.21. The van der Waals surface area contributed by atoms with Crippen molar-refractivity contribution in [1.29, 1.82) is 0 Å². The van der Waals surface area contributed by atoms with Gasteiger partial charge in [-0.3, -0.25) is 0 Å². The van der Waals surface area contributed by atoms with Gasteiger partial charge < -0.3 is 10.6 Å². The molecule has 1 aliphatic heterocycles. The maximum absolute atomic E-state index is 13.2. The highest BCUT2D eigenvalue weighted by Gasteiger charge is 2.35. The summed E-state index contributed by atoms with van der Waals surface area (Å²) in [6.45, 7) is 0.398. The Kier molecular flexibility index (Phi) is 4.48. The van der Waals surface area contributed by atoms with Crippen LogP contribution in [0.3, 0.4) is 0 Å². The molecule has 0 saturated carbocycles. The van der Waals surface area contributed by atoms with Crippen molar-refractivity contribution in [3.05, 3.63) is 29.3 Å². The highest BCUT2D eigenvalue weighted by atomic mass is 32.2. The van der Waals surface area contributed by atoms with Crippen LogP contribution in [-0.4, -0.2) is 33.0 Å². The number of benzene rings is 1. The van der Waals surface area contributed by atoms with Crippen LogP contribution >= 0.6 is 0 Å². The van der Waals surface area contributed by atoms with E-state index >= 15 is 0 Å². The number of nitrogens with zero attached hydrogens (tertiary/aromatic N) is 1. The molecule has 8 heteroatoms. The number of alkyl halides is 3. The maximum Gasteiger partial charge on any atom is 0.418 e. The zero-order chi connectivity index (χ0) is 15.7. The molecule has 2 N–H and O–H groups in total. The van der Waals surface area contributed by atoms with Crippen LogP contribution in [0.25, 0.3) is 0 Å². The summed E-state index contributed by atoms with van der Waals surface area (Å²) in [7, 11) is -3.16. The summed E-state index contributed by atoms with van der Waals surface area (Å²) in [5.74, 6) is -0.103. The SMILES string of the molecule is NCc1ccc(N2CCCS(=O)(=O)CC2)c(C(F)(F)F)c1. The van der Waals surface area contributed by atoms with Gasteiger partial charge in [0.05, 0.1) is 17.1 Å². The molecule has 0 radical (unpaired) electrons. The van der Waals surface area contributed by atoms with Gasteiger partial charge >= 0.3 is 6.18 Å². The van der Waals surface area contributed by atoms with Crippen LogP contribution in [-0.2, 0) is 22.6 Å². The van der Waals surface area contributed by atoms with E-state index in [1.165, 1.54) is 11.0 Å². The Hall–Kier alpha value is -1.28. The first kappa shape index (κ1) is 16.1. The average Bonchev–Trinajstić information content (AvgIpc) is 2.58. The molecule has 1 fully saturated rings. The van der Waals surface area contributed by atoms with Crippen LogP contribution < -0.4 is 10.6 Å². The lowest BCUT2D eigenvalue weighted by atomic mass is 10.1. The molecule has 0 bridgehead atoms. The minimum Gasteiger partial charge on any atom is -0.370 e. The number of nitrogens with two attached hydrogens (primary N) is 1. The van der Waals surface area contributed by atoms with Gasteiger partial charge in [0, 0.05) is 25.3 Å². The number of sulfone groups is 1. The molecule has 0 unspecified atom stereocenters. The molecule has 1 aliphatic rings. The number of hydrogen-bond donors (Lipinski definition) is 1. The molecule has 0 amide bonds. The lowest BCUT2D eigenvalue weighted by Gasteiger charge is -2.26. The molecule has 4 nitrogen and oxygen atoms in total. The summed E-state index contributed by atoms with van der Waals surface area (Å²) in [6.07, 6.45) is -4.16. The van der Waals surface area contributed by atoms with Crippen molar-refractivity contribution in [2.24, 2.45) is 5.73 Å². The van der Waals surface area contributed by atoms with Crippen molar-refractivity contribution in [3.8, 4) is 0 Å². The third-order valence-electron chi connectivity index (χ3n) is 3.50. The molecule has 21 heavy (non-hydrogen) atoms. The van der Waals surface area contributed by atoms with Crippen molar-refractivity contribution < 1.29 is 21.6 Å². The van der Waals surface area contributed by atoms with Crippen LogP contribution in [0, 0.1) is 0 Å². The molecule has 1 aromatic rings. The van der Waals surface area contributed by atoms with Gasteiger partial charge in [0.25, 0.3) is 0 Å². The van der Waals surface area contributed by atoms with Gasteiger partial charge in [-0.2, -0.15) is 13.2 Å². The molecule has 0 atom stereocenters. The molecule has 0 aliphatic carbocycles. The topological polar surface area (TPSA) is 63.4 Å². The third kappa shape index (κ3) is 3.88. The molecule has 0 spiro atoms. The van der Waals surface area contributed by atoms with Crippen molar-refractivity contribution in [3.63, 3.8) is 0 Å². The second kappa shape index (κ2) is 5.84. The fourth-order valence-electron chi connectivity index (χ4n) is 2.39. The molecule has 118 valence electrons. The Balaban J connectivity index is 2.39. The Bertz CT molecular complexity index is 614. The van der Waals surface area contributed by atoms with Crippen LogP contribution in [0.4, 0.5) is 18.9 Å². The van der Waals surface area contributed by atoms with Gasteiger partial charge in [-0.25, -0.2) is 8.42 Å². The zero-order valence-corrected chi connectivity index (χ0v) is 12.2. The van der Waals surface area contributed by atoms with Crippen LogP contribution in [0.5, 0.6) is 0 Å². The molecule has 0 aromatic heterocycles. The van der Waals surface area contributed by atoms with E-state index < -0.39 is 21.6 Å². The van der Waals surface area contributed by atoms with Gasteiger partial charge in [-0.15, -0.1) is 0 Å². The van der Waals surface area contributed by atoms with E-state index in [1.54, 1.807) is 6.07 Å². The van der Waals surface area contributed by atoms with Crippen molar-refractivity contribution in [1.82, 2.24) is 0 Å². The van der Waals surface area contributed by atoms with E-state index in [0.717, 1.165) is 6.07 Å². The number of hydrogen-bond acceptors (Lipinski definition) is 4. The summed E-state index contributed by atoms with van der Waals surface area (Å²) in [6, 6.07) is 3.96. The first-order valence-corrected chi connectivity index (χ1v) is 8.40. The maximum atomic E-state index is 13.2. The Morgan fingerprint density at radius 1 is 1.19 bits per heavy atom. The smallest absolute Gasteiger partial charge is 0.370 e. The van der Waals surface area contributed by atoms with Crippen LogP contribution in [0.1, 0.15) is 17.5 Å². The van der Waals surface area contributed by atoms with Crippen molar-refractivity contribution in [2.75, 3.05) is 29.5 Å². The molecule has 1 heterocycles. The second-order valence-electron chi connectivity index (χ2n) is 5.05. The predicted octanol–water partition coefficient (Wildman–Crippen LogP) is 1.79. The summed E-state index contributed by atoms with van der Waals surface area (Å²) in [5.41, 5.74) is 5.05. The van der Waals surface area contributed by atoms with Crippen molar-refractivity contribution >= 4 is 15.5 Å². The van der Waals surface area contributed by atoms with E-state index in [-0.39, 0.29) is 30.3 Å². The fraction of sp³-hybridized carbons (Fsp3) is 0.538. The van der Waals surface area contributed by atoms with E-state index in [9.17, 15) is 21.6 Å². The number of halogens is 3. The molecular weight excluding hydrogens is 305 g/mol. The highest BCUT2D eigenvalue weighted by molar-refractivity contribution is 7.91. The first-order chi connectivity index (χ1) is 9.73. The Morgan fingerprint density at radius 2 is 1.90 bits per heavy atom. The minimum atomic E-state index is -4.49. The van der Waals surface area contributed by atoms with Crippen molar-refractivity contribution in [2.45, 2.75) is 19.1 Å². The number of anilines is 1. The van der Waals surface area contributed by atoms with E-state index in [4.69, 9.17) is 5.73 Å². The molecule has 1 aromatic carbocycles. The normalized spacial score (nSPS) is 19.3. The second-order valence-corrected chi connectivity index (χ2v) is 7.35. The Morgan fingerprint density at radius 3 is 2.52 bits per heavy atom. The van der Waals surface area contributed by atoms with Crippen LogP contribution in [0.2, 0.25) is 0 Å². The zero-order valence-electron chi connectivity index (χ0n) is 11.4. The lowest BCUT2D eigenvalue weighted by Crippen LogP contribution is -2.29. The van der Waals surface area contributed by atoms with Gasteiger partial charge in [0.15, 0.2) is 9.84 Å². The van der Waals surface area contributed by atoms with Gasteiger partial charge in [0.2, 0.25) is 0 Å². The van der Waals surface area contributed by atoms with Gasteiger partial charge in [0.1, 0.15) is 0 Å². The average molecular weight is 322 g/mol. The van der Waals surface area contributed by atoms with Gasteiger partial charge in [-0.1, -0.05) is 6.07 Å². The summed E-state index contributed by atoms with van der Waals surface area (Å²) in [4.78, 5) is 1.49. The monoisotopic (exact) mass is 322 g/mol. The Labute approximate surface area is 121 Å². The van der Waals surface area contributed by atoms with E-state index in [2.05, 4.69) is 0 Å². The summed E-state index contributed by atoms with van der Waals surface area (Å²) < 4.78 is 62.7. The standard InChI is InChI=1S/C13H17F3N2O2S/c14-13(15,16)11-8-10(9-17)2-3-12(11)18-4-1-6-21(19,20)7-5-18/h2-3,8H,1,4-7,9,17H2. The molecule has 2 rings (SSSR count). The summed E-state index contributed by atoms with van der Waals surface area (Å²) >= 11 is 0. The largest absolute Gasteiger partial charge is 0.418 e. The van der Waals surface area contributed by atoms with E-state index in [1.807, 2.05) is 0 Å². The van der Waals surface area contributed by atoms with E-state index in [0.29, 0.717) is 18.5 Å². The highest BCUT2D eigenvalue weighted by Crippen LogP contribution is 2.37.